The minimum atomic E-state index is -5.08. The number of carbonyl (C=O) groups is 2. The van der Waals surface area contributed by atoms with Gasteiger partial charge in [-0.15, -0.1) is 0 Å². The predicted molar refractivity (Wildman–Crippen MR) is 103 cm³/mol. The molecule has 1 fully saturated rings. The number of nitrogens with one attached hydrogen (secondary N) is 1. The zero-order chi connectivity index (χ0) is 21.8. The Hall–Kier alpha value is -2.29. The Balaban J connectivity index is 0.000000370. The summed E-state index contributed by atoms with van der Waals surface area (Å²) in [4.78, 5) is 23.2. The number of fused-ring (bicyclic) bond motifs is 2. The van der Waals surface area contributed by atoms with E-state index in [4.69, 9.17) is 14.6 Å². The van der Waals surface area contributed by atoms with Crippen molar-refractivity contribution in [2.75, 3.05) is 37.0 Å². The van der Waals surface area contributed by atoms with E-state index in [9.17, 15) is 18.0 Å². The molecule has 1 saturated heterocycles. The van der Waals surface area contributed by atoms with E-state index < -0.39 is 12.1 Å². The van der Waals surface area contributed by atoms with Crippen molar-refractivity contribution in [3.63, 3.8) is 0 Å². The topological polar surface area (TPSA) is 78.9 Å². The van der Waals surface area contributed by atoms with Gasteiger partial charge in [-0.05, 0) is 42.5 Å². The van der Waals surface area contributed by atoms with Crippen LogP contribution < -0.4 is 10.2 Å². The number of amides is 1. The Morgan fingerprint density at radius 2 is 1.86 bits per heavy atom. The molecule has 0 unspecified atom stereocenters. The number of aliphatic carboxylic acids is 1. The highest BCUT2D eigenvalue weighted by Gasteiger charge is 2.42. The number of rotatable bonds is 3. The Morgan fingerprint density at radius 1 is 1.28 bits per heavy atom. The third-order valence-corrected chi connectivity index (χ3v) is 5.09. The fraction of sp³-hybridized carbons (Fsp3) is 0.600. The van der Waals surface area contributed by atoms with Crippen LogP contribution in [0.1, 0.15) is 38.7 Å². The summed E-state index contributed by atoms with van der Waals surface area (Å²) >= 11 is 0. The van der Waals surface area contributed by atoms with E-state index in [1.54, 1.807) is 0 Å². The van der Waals surface area contributed by atoms with Crippen LogP contribution in [0.25, 0.3) is 0 Å². The first kappa shape index (κ1) is 23.0. The van der Waals surface area contributed by atoms with Gasteiger partial charge in [0.1, 0.15) is 0 Å². The summed E-state index contributed by atoms with van der Waals surface area (Å²) in [5, 5.41) is 10.2. The minimum absolute atomic E-state index is 0.0994. The second-order valence-electron chi connectivity index (χ2n) is 7.93. The number of carbonyl (C=O) groups excluding carboxylic acids is 1. The van der Waals surface area contributed by atoms with E-state index in [0.29, 0.717) is 12.3 Å². The maximum Gasteiger partial charge on any atom is 0.490 e. The van der Waals surface area contributed by atoms with Crippen LogP contribution in [0.5, 0.6) is 0 Å². The lowest BCUT2D eigenvalue weighted by molar-refractivity contribution is -0.192. The molecular formula is C20H27F3N2O4. The number of nitrogens with zero attached hydrogens (tertiary/aromatic N) is 1. The van der Waals surface area contributed by atoms with Crippen molar-refractivity contribution in [3.05, 3.63) is 23.8 Å². The number of hydrogen-bond acceptors (Lipinski definition) is 4. The molecule has 1 amide bonds. The minimum Gasteiger partial charge on any atom is -0.475 e. The van der Waals surface area contributed by atoms with Gasteiger partial charge in [-0.1, -0.05) is 13.8 Å². The van der Waals surface area contributed by atoms with Crippen molar-refractivity contribution < 1.29 is 32.6 Å². The number of hydrogen-bond donors (Lipinski definition) is 2. The smallest absolute Gasteiger partial charge is 0.475 e. The number of ether oxygens (including phenoxy) is 1. The molecule has 162 valence electrons. The standard InChI is InChI=1S/C18H26N2O2.C2HF3O2/c1-13(2)10-17(21)19-14-4-5-16-15(11-14)18(12-20(16)3)6-8-22-9-7-18;3-2(4,5)1(6)7/h4-5,11,13H,6-10,12H2,1-3H3,(H,19,21);(H,6,7). The lowest BCUT2D eigenvalue weighted by atomic mass is 9.76. The maximum atomic E-state index is 12.0. The summed E-state index contributed by atoms with van der Waals surface area (Å²) < 4.78 is 37.3. The first-order valence-corrected chi connectivity index (χ1v) is 9.48. The molecule has 6 nitrogen and oxygen atoms in total. The van der Waals surface area contributed by atoms with Crippen LogP contribution >= 0.6 is 0 Å². The lowest BCUT2D eigenvalue weighted by Gasteiger charge is -2.34. The van der Waals surface area contributed by atoms with Crippen LogP contribution in [0, 0.1) is 5.92 Å². The molecule has 0 aliphatic carbocycles. The Morgan fingerprint density at radius 3 is 2.38 bits per heavy atom. The van der Waals surface area contributed by atoms with Gasteiger partial charge in [0, 0.05) is 50.0 Å². The van der Waals surface area contributed by atoms with Gasteiger partial charge in [0.15, 0.2) is 0 Å². The molecule has 2 N–H and O–H groups in total. The van der Waals surface area contributed by atoms with Crippen LogP contribution in [0.2, 0.25) is 0 Å². The normalized spacial score (nSPS) is 17.6. The van der Waals surface area contributed by atoms with Crippen LogP contribution in [0.3, 0.4) is 0 Å². The van der Waals surface area contributed by atoms with E-state index in [0.717, 1.165) is 38.3 Å². The second kappa shape index (κ2) is 9.02. The van der Waals surface area contributed by atoms with Crippen molar-refractivity contribution >= 4 is 23.3 Å². The van der Waals surface area contributed by atoms with Crippen LogP contribution in [0.15, 0.2) is 18.2 Å². The molecule has 3 rings (SSSR count). The van der Waals surface area contributed by atoms with Gasteiger partial charge in [-0.2, -0.15) is 13.2 Å². The van der Waals surface area contributed by atoms with Crippen molar-refractivity contribution in [3.8, 4) is 0 Å². The van der Waals surface area contributed by atoms with Crippen LogP contribution in [-0.2, 0) is 19.7 Å². The molecule has 0 bridgehead atoms. The molecule has 2 heterocycles. The van der Waals surface area contributed by atoms with Crippen LogP contribution in [0.4, 0.5) is 24.5 Å². The van der Waals surface area contributed by atoms with Crippen molar-refractivity contribution in [1.82, 2.24) is 0 Å². The van der Waals surface area contributed by atoms with Gasteiger partial charge in [-0.3, -0.25) is 4.79 Å². The van der Waals surface area contributed by atoms with Gasteiger partial charge in [0.05, 0.1) is 0 Å². The average molecular weight is 416 g/mol. The van der Waals surface area contributed by atoms with E-state index in [1.807, 2.05) is 6.07 Å². The summed E-state index contributed by atoms with van der Waals surface area (Å²) in [6, 6.07) is 6.35. The lowest BCUT2D eigenvalue weighted by Crippen LogP contribution is -2.37. The third kappa shape index (κ3) is 5.85. The van der Waals surface area contributed by atoms with E-state index in [2.05, 4.69) is 43.2 Å². The number of alkyl halides is 3. The third-order valence-electron chi connectivity index (χ3n) is 5.09. The molecule has 1 aromatic carbocycles. The Kier molecular flexibility index (Phi) is 7.15. The molecule has 1 aromatic rings. The first-order chi connectivity index (χ1) is 13.4. The summed E-state index contributed by atoms with van der Waals surface area (Å²) in [7, 11) is 2.15. The fourth-order valence-electron chi connectivity index (χ4n) is 3.77. The molecule has 0 saturated carbocycles. The van der Waals surface area contributed by atoms with Gasteiger partial charge in [-0.25, -0.2) is 4.79 Å². The SMILES string of the molecule is CC(C)CC(=O)Nc1ccc2c(c1)C1(CCOCC1)CN2C.O=C(O)C(F)(F)F. The van der Waals surface area contributed by atoms with Crippen LogP contribution in [-0.4, -0.2) is 50.0 Å². The highest BCUT2D eigenvalue weighted by molar-refractivity contribution is 5.91. The van der Waals surface area contributed by atoms with Crippen molar-refractivity contribution in [2.24, 2.45) is 5.92 Å². The first-order valence-electron chi connectivity index (χ1n) is 9.48. The molecular weight excluding hydrogens is 389 g/mol. The van der Waals surface area contributed by atoms with Gasteiger partial charge < -0.3 is 20.1 Å². The monoisotopic (exact) mass is 416 g/mol. The maximum absolute atomic E-state index is 12.0. The molecule has 1 spiro atoms. The molecule has 9 heteroatoms. The number of carboxylic acids is 1. The number of halogens is 3. The Labute approximate surface area is 168 Å². The number of likely N-dealkylation sites (N-methyl/N-ethyl adjacent to an activating group) is 1. The molecule has 29 heavy (non-hydrogen) atoms. The van der Waals surface area contributed by atoms with Gasteiger partial charge >= 0.3 is 12.1 Å². The van der Waals surface area contributed by atoms with E-state index in [1.165, 1.54) is 11.3 Å². The average Bonchev–Trinajstić information content (AvgIpc) is 2.86. The number of carboxylic acid groups (broad SMARTS) is 1. The summed E-state index contributed by atoms with van der Waals surface area (Å²) in [5.41, 5.74) is 3.79. The second-order valence-corrected chi connectivity index (χ2v) is 7.93. The number of anilines is 2. The molecule has 2 aliphatic heterocycles. The summed E-state index contributed by atoms with van der Waals surface area (Å²) in [6.45, 7) is 6.84. The fourth-order valence-corrected chi connectivity index (χ4v) is 3.77. The van der Waals surface area contributed by atoms with Gasteiger partial charge in [0.2, 0.25) is 5.91 Å². The van der Waals surface area contributed by atoms with Gasteiger partial charge in [0.25, 0.3) is 0 Å². The van der Waals surface area contributed by atoms with E-state index in [-0.39, 0.29) is 11.3 Å². The molecule has 0 atom stereocenters. The highest BCUT2D eigenvalue weighted by atomic mass is 19.4. The van der Waals surface area contributed by atoms with Crippen molar-refractivity contribution in [2.45, 2.75) is 44.7 Å². The molecule has 0 aromatic heterocycles. The zero-order valence-corrected chi connectivity index (χ0v) is 16.8. The Bertz CT molecular complexity index is 744. The zero-order valence-electron chi connectivity index (χ0n) is 16.8. The van der Waals surface area contributed by atoms with E-state index >= 15 is 0 Å². The largest absolute Gasteiger partial charge is 0.490 e. The quantitative estimate of drug-likeness (QED) is 0.784. The highest BCUT2D eigenvalue weighted by Crippen LogP contribution is 2.46. The summed E-state index contributed by atoms with van der Waals surface area (Å²) in [6.07, 6.45) is -2.39. The summed E-state index contributed by atoms with van der Waals surface area (Å²) in [5.74, 6) is -2.28. The predicted octanol–water partition coefficient (Wildman–Crippen LogP) is 3.80. The van der Waals surface area contributed by atoms with Crippen molar-refractivity contribution in [1.29, 1.82) is 0 Å². The number of benzene rings is 1. The molecule has 2 aliphatic rings. The molecule has 0 radical (unpaired) electrons.